The second-order valence-corrected chi connectivity index (χ2v) is 5.27. The highest BCUT2D eigenvalue weighted by atomic mass is 35.5. The fourth-order valence-corrected chi connectivity index (χ4v) is 3.23. The average molecular weight is 253 g/mol. The van der Waals surface area contributed by atoms with E-state index in [4.69, 9.17) is 11.6 Å². The summed E-state index contributed by atoms with van der Waals surface area (Å²) < 4.78 is 0. The maximum absolute atomic E-state index is 5.82. The maximum atomic E-state index is 5.82. The van der Waals surface area contributed by atoms with Crippen LogP contribution < -0.4 is 0 Å². The molecule has 2 nitrogen and oxygen atoms in total. The van der Waals surface area contributed by atoms with Crippen molar-refractivity contribution < 1.29 is 0 Å². The maximum Gasteiger partial charge on any atom is 0.145 e. The first-order chi connectivity index (χ1) is 7.33. The van der Waals surface area contributed by atoms with E-state index in [1.807, 2.05) is 17.5 Å². The highest BCUT2D eigenvalue weighted by molar-refractivity contribution is 7.24. The molecule has 0 aromatic carbocycles. The summed E-state index contributed by atoms with van der Waals surface area (Å²) in [5.41, 5.74) is 0.910. The van der Waals surface area contributed by atoms with Crippen LogP contribution in [-0.4, -0.2) is 9.97 Å². The van der Waals surface area contributed by atoms with Crippen molar-refractivity contribution in [1.29, 1.82) is 0 Å². The topological polar surface area (TPSA) is 25.8 Å². The molecule has 74 valence electrons. The molecule has 0 saturated carbocycles. The van der Waals surface area contributed by atoms with Gasteiger partial charge in [-0.15, -0.1) is 11.3 Å². The molecule has 15 heavy (non-hydrogen) atoms. The monoisotopic (exact) mass is 252 g/mol. The SMILES string of the molecule is Clc1ccc2nc(-c3cccs3)sc2n1. The molecule has 3 aromatic rings. The van der Waals surface area contributed by atoms with Crippen molar-refractivity contribution in [1.82, 2.24) is 9.97 Å². The molecule has 3 heterocycles. The van der Waals surface area contributed by atoms with E-state index in [0.717, 1.165) is 15.4 Å². The second kappa shape index (κ2) is 3.56. The lowest BCUT2D eigenvalue weighted by Crippen LogP contribution is -1.73. The third-order valence-electron chi connectivity index (χ3n) is 1.95. The van der Waals surface area contributed by atoms with Crippen molar-refractivity contribution in [2.75, 3.05) is 0 Å². The number of thiazole rings is 1. The zero-order valence-corrected chi connectivity index (χ0v) is 9.86. The van der Waals surface area contributed by atoms with Gasteiger partial charge >= 0.3 is 0 Å². The minimum atomic E-state index is 0.517. The number of nitrogens with zero attached hydrogens (tertiary/aromatic N) is 2. The molecule has 0 aliphatic carbocycles. The van der Waals surface area contributed by atoms with E-state index in [-0.39, 0.29) is 0 Å². The molecule has 0 saturated heterocycles. The summed E-state index contributed by atoms with van der Waals surface area (Å²) in [6.07, 6.45) is 0. The molecular weight excluding hydrogens is 248 g/mol. The van der Waals surface area contributed by atoms with Crippen molar-refractivity contribution in [2.24, 2.45) is 0 Å². The lowest BCUT2D eigenvalue weighted by molar-refractivity contribution is 1.41. The largest absolute Gasteiger partial charge is 0.233 e. The molecular formula is C10H5ClN2S2. The first-order valence-electron chi connectivity index (χ1n) is 4.30. The molecule has 0 spiro atoms. The molecule has 0 radical (unpaired) electrons. The van der Waals surface area contributed by atoms with Gasteiger partial charge in [0.25, 0.3) is 0 Å². The van der Waals surface area contributed by atoms with Crippen LogP contribution >= 0.6 is 34.3 Å². The van der Waals surface area contributed by atoms with E-state index >= 15 is 0 Å². The van der Waals surface area contributed by atoms with Crippen LogP contribution in [0.5, 0.6) is 0 Å². The van der Waals surface area contributed by atoms with E-state index in [9.17, 15) is 0 Å². The Hall–Kier alpha value is -0.970. The van der Waals surface area contributed by atoms with Gasteiger partial charge in [0.2, 0.25) is 0 Å². The normalized spacial score (nSPS) is 11.0. The molecule has 0 fully saturated rings. The second-order valence-electron chi connectivity index (χ2n) is 2.95. The summed E-state index contributed by atoms with van der Waals surface area (Å²) in [7, 11) is 0. The molecule has 0 N–H and O–H groups in total. The van der Waals surface area contributed by atoms with Gasteiger partial charge in [0, 0.05) is 0 Å². The van der Waals surface area contributed by atoms with Gasteiger partial charge in [-0.2, -0.15) is 0 Å². The quantitative estimate of drug-likeness (QED) is 0.610. The van der Waals surface area contributed by atoms with Crippen molar-refractivity contribution >= 4 is 44.6 Å². The Bertz CT molecular complexity index is 601. The van der Waals surface area contributed by atoms with Crippen LogP contribution in [0.2, 0.25) is 5.15 Å². The van der Waals surface area contributed by atoms with E-state index in [2.05, 4.69) is 16.0 Å². The summed E-state index contributed by atoms with van der Waals surface area (Å²) in [5, 5.41) is 3.57. The number of aromatic nitrogens is 2. The third kappa shape index (κ3) is 1.65. The minimum absolute atomic E-state index is 0.517. The Morgan fingerprint density at radius 1 is 1.13 bits per heavy atom. The smallest absolute Gasteiger partial charge is 0.145 e. The van der Waals surface area contributed by atoms with Crippen LogP contribution in [0.3, 0.4) is 0 Å². The standard InChI is InChI=1S/C10H5ClN2S2/c11-8-4-3-6-9(13-8)15-10(12-6)7-2-1-5-14-7/h1-5H. The summed E-state index contributed by atoms with van der Waals surface area (Å²) in [6, 6.07) is 7.75. The minimum Gasteiger partial charge on any atom is -0.233 e. The Morgan fingerprint density at radius 3 is 2.87 bits per heavy atom. The van der Waals surface area contributed by atoms with Crippen molar-refractivity contribution in [3.8, 4) is 9.88 Å². The summed E-state index contributed by atoms with van der Waals surface area (Å²) in [6.45, 7) is 0. The number of hydrogen-bond donors (Lipinski definition) is 0. The predicted molar refractivity (Wildman–Crippen MR) is 65.7 cm³/mol. The highest BCUT2D eigenvalue weighted by Gasteiger charge is 2.07. The number of thiophene rings is 1. The molecule has 3 rings (SSSR count). The fraction of sp³-hybridized carbons (Fsp3) is 0. The third-order valence-corrected chi connectivity index (χ3v) is 4.17. The van der Waals surface area contributed by atoms with Gasteiger partial charge in [-0.3, -0.25) is 0 Å². The van der Waals surface area contributed by atoms with Crippen LogP contribution in [0.25, 0.3) is 20.2 Å². The molecule has 5 heteroatoms. The molecule has 3 aromatic heterocycles. The van der Waals surface area contributed by atoms with Gasteiger partial charge < -0.3 is 0 Å². The van der Waals surface area contributed by atoms with E-state index in [1.165, 1.54) is 4.88 Å². The van der Waals surface area contributed by atoms with Crippen LogP contribution in [0.4, 0.5) is 0 Å². The lowest BCUT2D eigenvalue weighted by atomic mass is 10.4. The van der Waals surface area contributed by atoms with Crippen molar-refractivity contribution in [2.45, 2.75) is 0 Å². The van der Waals surface area contributed by atoms with Gasteiger partial charge in [0.15, 0.2) is 0 Å². The number of hydrogen-bond acceptors (Lipinski definition) is 4. The van der Waals surface area contributed by atoms with Crippen molar-refractivity contribution in [3.63, 3.8) is 0 Å². The predicted octanol–water partition coefficient (Wildman–Crippen LogP) is 4.07. The Morgan fingerprint density at radius 2 is 2.07 bits per heavy atom. The van der Waals surface area contributed by atoms with Gasteiger partial charge in [0.1, 0.15) is 20.5 Å². The number of halogens is 1. The van der Waals surface area contributed by atoms with Crippen molar-refractivity contribution in [3.05, 3.63) is 34.8 Å². The van der Waals surface area contributed by atoms with Crippen LogP contribution in [0.1, 0.15) is 0 Å². The molecule has 0 unspecified atom stereocenters. The van der Waals surface area contributed by atoms with Crippen LogP contribution in [0.15, 0.2) is 29.6 Å². The van der Waals surface area contributed by atoms with Gasteiger partial charge in [-0.05, 0) is 23.6 Å². The summed E-state index contributed by atoms with van der Waals surface area (Å²) >= 11 is 9.08. The molecule has 0 aliphatic rings. The Kier molecular flexibility index (Phi) is 2.20. The molecule has 0 bridgehead atoms. The first kappa shape index (κ1) is 9.27. The molecule has 0 amide bonds. The van der Waals surface area contributed by atoms with Crippen LogP contribution in [-0.2, 0) is 0 Å². The summed E-state index contributed by atoms with van der Waals surface area (Å²) in [5.74, 6) is 0. The zero-order chi connectivity index (χ0) is 10.3. The van der Waals surface area contributed by atoms with E-state index < -0.39 is 0 Å². The molecule has 0 aliphatic heterocycles. The number of fused-ring (bicyclic) bond motifs is 1. The van der Waals surface area contributed by atoms with Gasteiger partial charge in [-0.1, -0.05) is 29.0 Å². The fourth-order valence-electron chi connectivity index (χ4n) is 1.30. The van der Waals surface area contributed by atoms with Gasteiger partial charge in [-0.25, -0.2) is 9.97 Å². The number of rotatable bonds is 1. The lowest BCUT2D eigenvalue weighted by Gasteiger charge is -1.85. The van der Waals surface area contributed by atoms with Gasteiger partial charge in [0.05, 0.1) is 4.88 Å². The van der Waals surface area contributed by atoms with E-state index in [0.29, 0.717) is 5.15 Å². The highest BCUT2D eigenvalue weighted by Crippen LogP contribution is 2.32. The number of pyridine rings is 1. The van der Waals surface area contributed by atoms with E-state index in [1.54, 1.807) is 28.7 Å². The Labute approximate surface area is 99.2 Å². The zero-order valence-electron chi connectivity index (χ0n) is 7.48. The first-order valence-corrected chi connectivity index (χ1v) is 6.37. The van der Waals surface area contributed by atoms with Crippen LogP contribution in [0, 0.1) is 0 Å². The Balaban J connectivity index is 2.22. The average Bonchev–Trinajstić information content (AvgIpc) is 2.84. The molecule has 0 atom stereocenters. The summed E-state index contributed by atoms with van der Waals surface area (Å²) in [4.78, 5) is 10.8.